The van der Waals surface area contributed by atoms with Gasteiger partial charge in [0, 0.05) is 16.5 Å². The third kappa shape index (κ3) is 1.90. The van der Waals surface area contributed by atoms with Crippen molar-refractivity contribution in [3.05, 3.63) is 21.9 Å². The second kappa shape index (κ2) is 4.44. The molecule has 3 rings (SSSR count). The van der Waals surface area contributed by atoms with E-state index in [2.05, 4.69) is 22.8 Å². The number of fused-ring (bicyclic) bond motifs is 1. The lowest BCUT2D eigenvalue weighted by atomic mass is 9.80. The van der Waals surface area contributed by atoms with Crippen LogP contribution < -0.4 is 5.32 Å². The number of rotatable bonds is 2. The predicted molar refractivity (Wildman–Crippen MR) is 69.9 cm³/mol. The molecule has 0 saturated heterocycles. The van der Waals surface area contributed by atoms with Crippen LogP contribution >= 0.6 is 11.3 Å². The lowest BCUT2D eigenvalue weighted by Crippen LogP contribution is -2.47. The molecule has 0 aromatic carbocycles. The summed E-state index contributed by atoms with van der Waals surface area (Å²) in [6, 6.07) is 5.30. The minimum atomic E-state index is -0.386. The Balaban J connectivity index is 1.90. The van der Waals surface area contributed by atoms with Crippen LogP contribution in [0.15, 0.2) is 11.4 Å². The number of hydrogen-bond acceptors (Lipinski definition) is 3. The van der Waals surface area contributed by atoms with Crippen molar-refractivity contribution in [1.29, 1.82) is 5.26 Å². The summed E-state index contributed by atoms with van der Waals surface area (Å²) in [6.07, 6.45) is 8.38. The van der Waals surface area contributed by atoms with E-state index in [1.54, 1.807) is 0 Å². The van der Waals surface area contributed by atoms with Gasteiger partial charge in [0.1, 0.15) is 5.54 Å². The van der Waals surface area contributed by atoms with Gasteiger partial charge >= 0.3 is 0 Å². The standard InChI is InChI=1S/C14H18N2S/c15-10-14(16-11-4-1-2-5-11)8-3-6-13-12(14)7-9-17-13/h7,9,11,16H,1-6,8H2. The Bertz CT molecular complexity index is 439. The molecule has 1 saturated carbocycles. The van der Waals surface area contributed by atoms with Crippen LogP contribution in [-0.2, 0) is 12.0 Å². The smallest absolute Gasteiger partial charge is 0.133 e. The van der Waals surface area contributed by atoms with Crippen LogP contribution in [0.5, 0.6) is 0 Å². The van der Waals surface area contributed by atoms with Crippen molar-refractivity contribution in [3.8, 4) is 6.07 Å². The fourth-order valence-corrected chi connectivity index (χ4v) is 4.28. The molecule has 1 fully saturated rings. The van der Waals surface area contributed by atoms with E-state index in [0.29, 0.717) is 6.04 Å². The molecule has 0 spiro atoms. The van der Waals surface area contributed by atoms with Crippen LogP contribution in [-0.4, -0.2) is 6.04 Å². The quantitative estimate of drug-likeness (QED) is 0.868. The van der Waals surface area contributed by atoms with Crippen molar-refractivity contribution in [1.82, 2.24) is 5.32 Å². The fourth-order valence-electron chi connectivity index (χ4n) is 3.28. The van der Waals surface area contributed by atoms with Gasteiger partial charge in [-0.05, 0) is 43.6 Å². The topological polar surface area (TPSA) is 35.8 Å². The second-order valence-electron chi connectivity index (χ2n) is 5.25. The normalized spacial score (nSPS) is 28.9. The van der Waals surface area contributed by atoms with E-state index in [9.17, 15) is 5.26 Å². The van der Waals surface area contributed by atoms with Crippen LogP contribution in [0.25, 0.3) is 0 Å². The second-order valence-corrected chi connectivity index (χ2v) is 6.25. The molecule has 1 heterocycles. The molecule has 1 aromatic heterocycles. The van der Waals surface area contributed by atoms with Crippen LogP contribution in [0.4, 0.5) is 0 Å². The maximum absolute atomic E-state index is 9.66. The highest BCUT2D eigenvalue weighted by atomic mass is 32.1. The van der Waals surface area contributed by atoms with Crippen molar-refractivity contribution < 1.29 is 0 Å². The Morgan fingerprint density at radius 3 is 2.94 bits per heavy atom. The highest BCUT2D eigenvalue weighted by Gasteiger charge is 2.39. The van der Waals surface area contributed by atoms with Gasteiger partial charge in [0.25, 0.3) is 0 Å². The molecule has 1 unspecified atom stereocenters. The molecule has 0 aliphatic heterocycles. The van der Waals surface area contributed by atoms with Crippen molar-refractivity contribution >= 4 is 11.3 Å². The van der Waals surface area contributed by atoms with Gasteiger partial charge in [0.15, 0.2) is 0 Å². The summed E-state index contributed by atoms with van der Waals surface area (Å²) in [7, 11) is 0. The summed E-state index contributed by atoms with van der Waals surface area (Å²) < 4.78 is 0. The number of thiophene rings is 1. The van der Waals surface area contributed by atoms with Crippen molar-refractivity contribution in [2.24, 2.45) is 0 Å². The van der Waals surface area contributed by atoms with Crippen LogP contribution in [0, 0.1) is 11.3 Å². The first-order chi connectivity index (χ1) is 8.34. The Hall–Kier alpha value is -0.850. The van der Waals surface area contributed by atoms with E-state index in [-0.39, 0.29) is 5.54 Å². The monoisotopic (exact) mass is 246 g/mol. The molecule has 1 N–H and O–H groups in total. The first-order valence-electron chi connectivity index (χ1n) is 6.60. The van der Waals surface area contributed by atoms with E-state index in [0.717, 1.165) is 19.3 Å². The third-order valence-corrected chi connectivity index (χ3v) is 5.14. The highest BCUT2D eigenvalue weighted by molar-refractivity contribution is 7.10. The van der Waals surface area contributed by atoms with Crippen LogP contribution in [0.1, 0.15) is 49.0 Å². The van der Waals surface area contributed by atoms with Gasteiger partial charge in [-0.2, -0.15) is 5.26 Å². The lowest BCUT2D eigenvalue weighted by Gasteiger charge is -2.34. The average molecular weight is 246 g/mol. The molecule has 2 nitrogen and oxygen atoms in total. The Morgan fingerprint density at radius 2 is 2.18 bits per heavy atom. The molecular weight excluding hydrogens is 228 g/mol. The van der Waals surface area contributed by atoms with E-state index in [1.165, 1.54) is 36.1 Å². The third-order valence-electron chi connectivity index (χ3n) is 4.16. The molecule has 17 heavy (non-hydrogen) atoms. The summed E-state index contributed by atoms with van der Waals surface area (Å²) in [4.78, 5) is 1.42. The SMILES string of the molecule is N#CC1(NC2CCCC2)CCCc2sccc21. The number of hydrogen-bond donors (Lipinski definition) is 1. The molecule has 90 valence electrons. The largest absolute Gasteiger partial charge is 0.293 e. The van der Waals surface area contributed by atoms with Gasteiger partial charge < -0.3 is 0 Å². The van der Waals surface area contributed by atoms with Crippen molar-refractivity contribution in [2.75, 3.05) is 0 Å². The Labute approximate surface area is 107 Å². The molecule has 0 amide bonds. The molecule has 1 atom stereocenters. The van der Waals surface area contributed by atoms with Gasteiger partial charge in [-0.15, -0.1) is 11.3 Å². The summed E-state index contributed by atoms with van der Waals surface area (Å²) in [5.74, 6) is 0. The summed E-state index contributed by atoms with van der Waals surface area (Å²) in [5, 5.41) is 15.5. The van der Waals surface area contributed by atoms with Crippen molar-refractivity contribution in [3.63, 3.8) is 0 Å². The van der Waals surface area contributed by atoms with Gasteiger partial charge in [0.05, 0.1) is 6.07 Å². The molecule has 0 radical (unpaired) electrons. The lowest BCUT2D eigenvalue weighted by molar-refractivity contribution is 0.322. The minimum absolute atomic E-state index is 0.386. The zero-order valence-electron chi connectivity index (χ0n) is 10.0. The summed E-state index contributed by atoms with van der Waals surface area (Å²) in [5.41, 5.74) is 0.880. The first kappa shape index (κ1) is 11.3. The molecule has 0 bridgehead atoms. The summed E-state index contributed by atoms with van der Waals surface area (Å²) >= 11 is 1.81. The average Bonchev–Trinajstić information content (AvgIpc) is 2.99. The maximum Gasteiger partial charge on any atom is 0.133 e. The zero-order chi connectivity index (χ0) is 11.7. The minimum Gasteiger partial charge on any atom is -0.293 e. The zero-order valence-corrected chi connectivity index (χ0v) is 10.9. The molecular formula is C14H18N2S. The van der Waals surface area contributed by atoms with Gasteiger partial charge in [0.2, 0.25) is 0 Å². The molecule has 1 aromatic rings. The van der Waals surface area contributed by atoms with Gasteiger partial charge in [-0.3, -0.25) is 5.32 Å². The number of aryl methyl sites for hydroxylation is 1. The Morgan fingerprint density at radius 1 is 1.35 bits per heavy atom. The van der Waals surface area contributed by atoms with Gasteiger partial charge in [-0.1, -0.05) is 12.8 Å². The van der Waals surface area contributed by atoms with Crippen molar-refractivity contribution in [2.45, 2.75) is 56.5 Å². The van der Waals surface area contributed by atoms with Gasteiger partial charge in [-0.25, -0.2) is 0 Å². The molecule has 2 aliphatic carbocycles. The maximum atomic E-state index is 9.66. The number of nitrogens with zero attached hydrogens (tertiary/aromatic N) is 1. The van der Waals surface area contributed by atoms with Crippen LogP contribution in [0.2, 0.25) is 0 Å². The number of nitrogens with one attached hydrogen (secondary N) is 1. The Kier molecular flexibility index (Phi) is 2.94. The van der Waals surface area contributed by atoms with Crippen LogP contribution in [0.3, 0.4) is 0 Å². The molecule has 2 aliphatic rings. The first-order valence-corrected chi connectivity index (χ1v) is 7.48. The van der Waals surface area contributed by atoms with E-state index in [1.807, 2.05) is 11.3 Å². The fraction of sp³-hybridized carbons (Fsp3) is 0.643. The predicted octanol–water partition coefficient (Wildman–Crippen LogP) is 3.34. The van der Waals surface area contributed by atoms with E-state index in [4.69, 9.17) is 0 Å². The highest BCUT2D eigenvalue weighted by Crippen LogP contribution is 2.39. The molecule has 3 heteroatoms. The van der Waals surface area contributed by atoms with E-state index < -0.39 is 0 Å². The number of nitriles is 1. The summed E-state index contributed by atoms with van der Waals surface area (Å²) in [6.45, 7) is 0. The van der Waals surface area contributed by atoms with E-state index >= 15 is 0 Å².